The normalized spacial score (nSPS) is 14.9. The first kappa shape index (κ1) is 19.5. The van der Waals surface area contributed by atoms with Crippen molar-refractivity contribution in [2.45, 2.75) is 13.8 Å². The molecule has 0 aliphatic carbocycles. The van der Waals surface area contributed by atoms with Crippen molar-refractivity contribution >= 4 is 28.9 Å². The van der Waals surface area contributed by atoms with Crippen LogP contribution in [0.15, 0.2) is 42.5 Å². The van der Waals surface area contributed by atoms with E-state index in [0.29, 0.717) is 22.9 Å². The molecule has 1 aliphatic rings. The first-order valence-corrected chi connectivity index (χ1v) is 9.90. The van der Waals surface area contributed by atoms with Gasteiger partial charge in [-0.05, 0) is 56.3 Å². The molecule has 1 amide bonds. The zero-order valence-electron chi connectivity index (χ0n) is 15.9. The van der Waals surface area contributed by atoms with Gasteiger partial charge in [0.15, 0.2) is 0 Å². The predicted molar refractivity (Wildman–Crippen MR) is 110 cm³/mol. The van der Waals surface area contributed by atoms with Gasteiger partial charge in [0.05, 0.1) is 44.4 Å². The summed E-state index contributed by atoms with van der Waals surface area (Å²) in [4.78, 5) is 16.5. The average Bonchev–Trinajstić information content (AvgIpc) is 2.70. The highest BCUT2D eigenvalue weighted by Crippen LogP contribution is 2.26. The van der Waals surface area contributed by atoms with E-state index in [1.54, 1.807) is 23.1 Å². The molecular weight excluding hydrogens is 362 g/mol. The van der Waals surface area contributed by atoms with Crippen molar-refractivity contribution in [1.29, 1.82) is 0 Å². The van der Waals surface area contributed by atoms with E-state index >= 15 is 0 Å². The van der Waals surface area contributed by atoms with E-state index in [-0.39, 0.29) is 5.91 Å². The SMILES string of the molecule is CCOc1ccc(C(=O)Nc2ccc(N3CC[NH+](CC)CC3)cc2)cc1Cl. The molecular formula is C21H27ClN3O2+. The Bertz CT molecular complexity index is 771. The number of nitrogens with zero attached hydrogens (tertiary/aromatic N) is 1. The number of halogens is 1. The van der Waals surface area contributed by atoms with Crippen LogP contribution in [0.2, 0.25) is 5.02 Å². The highest BCUT2D eigenvalue weighted by Gasteiger charge is 2.18. The molecule has 0 atom stereocenters. The average molecular weight is 389 g/mol. The van der Waals surface area contributed by atoms with Gasteiger partial charge < -0.3 is 19.9 Å². The third-order valence-electron chi connectivity index (χ3n) is 4.95. The van der Waals surface area contributed by atoms with Crippen molar-refractivity contribution in [3.63, 3.8) is 0 Å². The van der Waals surface area contributed by atoms with Crippen LogP contribution in [0.3, 0.4) is 0 Å². The third kappa shape index (κ3) is 4.93. The minimum atomic E-state index is -0.187. The Morgan fingerprint density at radius 1 is 1.15 bits per heavy atom. The van der Waals surface area contributed by atoms with Crippen LogP contribution >= 0.6 is 11.6 Å². The third-order valence-corrected chi connectivity index (χ3v) is 5.25. The highest BCUT2D eigenvalue weighted by atomic mass is 35.5. The number of benzene rings is 2. The largest absolute Gasteiger partial charge is 0.492 e. The molecule has 3 rings (SSSR count). The van der Waals surface area contributed by atoms with Gasteiger partial charge in [-0.1, -0.05) is 11.6 Å². The number of carbonyl (C=O) groups excluding carboxylic acids is 1. The molecule has 1 heterocycles. The topological polar surface area (TPSA) is 46.0 Å². The summed E-state index contributed by atoms with van der Waals surface area (Å²) in [6.45, 7) is 10.3. The van der Waals surface area contributed by atoms with Gasteiger partial charge in [0.1, 0.15) is 5.75 Å². The predicted octanol–water partition coefficient (Wildman–Crippen LogP) is 2.72. The summed E-state index contributed by atoms with van der Waals surface area (Å²) in [6, 6.07) is 13.1. The molecule has 1 fully saturated rings. The molecule has 0 unspecified atom stereocenters. The molecule has 27 heavy (non-hydrogen) atoms. The Labute approximate surface area is 165 Å². The number of rotatable bonds is 6. The fraction of sp³-hybridized carbons (Fsp3) is 0.381. The number of nitrogens with one attached hydrogen (secondary N) is 2. The molecule has 2 aromatic rings. The van der Waals surface area contributed by atoms with Crippen molar-refractivity contribution < 1.29 is 14.4 Å². The van der Waals surface area contributed by atoms with Gasteiger partial charge in [0.2, 0.25) is 0 Å². The second kappa shape index (κ2) is 9.11. The number of hydrogen-bond acceptors (Lipinski definition) is 3. The van der Waals surface area contributed by atoms with Gasteiger partial charge in [-0.2, -0.15) is 0 Å². The number of piperazine rings is 1. The number of carbonyl (C=O) groups is 1. The minimum absolute atomic E-state index is 0.187. The van der Waals surface area contributed by atoms with Gasteiger partial charge in [0.25, 0.3) is 5.91 Å². The van der Waals surface area contributed by atoms with Crippen LogP contribution in [0, 0.1) is 0 Å². The van der Waals surface area contributed by atoms with E-state index in [4.69, 9.17) is 16.3 Å². The summed E-state index contributed by atoms with van der Waals surface area (Å²) in [7, 11) is 0. The first-order chi connectivity index (χ1) is 13.1. The lowest BCUT2D eigenvalue weighted by Crippen LogP contribution is -3.14. The van der Waals surface area contributed by atoms with Crippen LogP contribution in [0.4, 0.5) is 11.4 Å². The molecule has 0 bridgehead atoms. The molecule has 0 radical (unpaired) electrons. The molecule has 0 spiro atoms. The second-order valence-electron chi connectivity index (χ2n) is 6.67. The summed E-state index contributed by atoms with van der Waals surface area (Å²) >= 11 is 6.17. The smallest absolute Gasteiger partial charge is 0.255 e. The van der Waals surface area contributed by atoms with Crippen LogP contribution in [0.25, 0.3) is 0 Å². The van der Waals surface area contributed by atoms with E-state index in [1.807, 2.05) is 19.1 Å². The van der Waals surface area contributed by atoms with Gasteiger partial charge >= 0.3 is 0 Å². The van der Waals surface area contributed by atoms with E-state index in [9.17, 15) is 4.79 Å². The van der Waals surface area contributed by atoms with Crippen LogP contribution in [0.5, 0.6) is 5.75 Å². The maximum atomic E-state index is 12.5. The van der Waals surface area contributed by atoms with Gasteiger partial charge in [0, 0.05) is 16.9 Å². The molecule has 0 saturated carbocycles. The lowest BCUT2D eigenvalue weighted by Gasteiger charge is -2.33. The molecule has 0 aromatic heterocycles. The summed E-state index contributed by atoms with van der Waals surface area (Å²) in [5.74, 6) is 0.401. The van der Waals surface area contributed by atoms with Crippen LogP contribution in [-0.2, 0) is 0 Å². The Kier molecular flexibility index (Phi) is 6.58. The van der Waals surface area contributed by atoms with Crippen molar-refractivity contribution in [2.24, 2.45) is 0 Å². The Morgan fingerprint density at radius 3 is 2.44 bits per heavy atom. The Hall–Kier alpha value is -2.24. The standard InChI is InChI=1S/C21H26ClN3O2/c1-3-24-11-13-25(14-12-24)18-8-6-17(7-9-18)23-21(26)16-5-10-20(27-4-2)19(22)15-16/h5-10,15H,3-4,11-14H2,1-2H3,(H,23,26)/p+1. The molecule has 5 nitrogen and oxygen atoms in total. The number of likely N-dealkylation sites (N-methyl/N-ethyl adjacent to an activating group) is 1. The monoisotopic (exact) mass is 388 g/mol. The van der Waals surface area contributed by atoms with E-state index in [1.165, 1.54) is 25.3 Å². The fourth-order valence-corrected chi connectivity index (χ4v) is 3.54. The second-order valence-corrected chi connectivity index (χ2v) is 7.08. The van der Waals surface area contributed by atoms with E-state index in [2.05, 4.69) is 29.3 Å². The van der Waals surface area contributed by atoms with Crippen molar-refractivity contribution in [1.82, 2.24) is 0 Å². The summed E-state index contributed by atoms with van der Waals surface area (Å²) < 4.78 is 5.40. The van der Waals surface area contributed by atoms with Crippen molar-refractivity contribution in [3.8, 4) is 5.75 Å². The lowest BCUT2D eigenvalue weighted by atomic mass is 10.2. The molecule has 1 saturated heterocycles. The van der Waals surface area contributed by atoms with Crippen LogP contribution < -0.4 is 19.9 Å². The van der Waals surface area contributed by atoms with Crippen molar-refractivity contribution in [2.75, 3.05) is 49.5 Å². The zero-order valence-corrected chi connectivity index (χ0v) is 16.7. The maximum Gasteiger partial charge on any atom is 0.255 e. The lowest BCUT2D eigenvalue weighted by molar-refractivity contribution is -0.898. The van der Waals surface area contributed by atoms with Gasteiger partial charge in [-0.3, -0.25) is 4.79 Å². The number of ether oxygens (including phenoxy) is 1. The number of anilines is 2. The number of hydrogen-bond donors (Lipinski definition) is 2. The molecule has 1 aliphatic heterocycles. The summed E-state index contributed by atoms with van der Waals surface area (Å²) in [5.41, 5.74) is 2.48. The molecule has 2 N–H and O–H groups in total. The quantitative estimate of drug-likeness (QED) is 0.799. The molecule has 2 aromatic carbocycles. The first-order valence-electron chi connectivity index (χ1n) is 9.53. The number of amides is 1. The Balaban J connectivity index is 1.61. The summed E-state index contributed by atoms with van der Waals surface area (Å²) in [6.07, 6.45) is 0. The van der Waals surface area contributed by atoms with Crippen LogP contribution in [-0.4, -0.2) is 45.2 Å². The Morgan fingerprint density at radius 2 is 1.85 bits per heavy atom. The van der Waals surface area contributed by atoms with Gasteiger partial charge in [-0.15, -0.1) is 0 Å². The zero-order chi connectivity index (χ0) is 19.2. The van der Waals surface area contributed by atoms with E-state index < -0.39 is 0 Å². The fourth-order valence-electron chi connectivity index (χ4n) is 3.31. The molecule has 144 valence electrons. The molecule has 6 heteroatoms. The minimum Gasteiger partial charge on any atom is -0.492 e. The maximum absolute atomic E-state index is 12.5. The highest BCUT2D eigenvalue weighted by molar-refractivity contribution is 6.32. The van der Waals surface area contributed by atoms with E-state index in [0.717, 1.165) is 18.8 Å². The summed E-state index contributed by atoms with van der Waals surface area (Å²) in [5, 5.41) is 3.36. The van der Waals surface area contributed by atoms with Gasteiger partial charge in [-0.25, -0.2) is 0 Å². The van der Waals surface area contributed by atoms with Crippen molar-refractivity contribution in [3.05, 3.63) is 53.1 Å². The van der Waals surface area contributed by atoms with Crippen LogP contribution in [0.1, 0.15) is 24.2 Å². The number of quaternary nitrogens is 1.